The Morgan fingerprint density at radius 3 is 2.45 bits per heavy atom. The van der Waals surface area contributed by atoms with Crippen LogP contribution in [0.4, 0.5) is 0 Å². The van der Waals surface area contributed by atoms with Gasteiger partial charge in [0.1, 0.15) is 24.4 Å². The lowest BCUT2D eigenvalue weighted by molar-refractivity contribution is -0.133. The first-order valence-corrected chi connectivity index (χ1v) is 16.3. The summed E-state index contributed by atoms with van der Waals surface area (Å²) in [6.45, 7) is 3.91. The predicted molar refractivity (Wildman–Crippen MR) is 179 cm³/mol. The summed E-state index contributed by atoms with van der Waals surface area (Å²) >= 11 is 0. The second-order valence-corrected chi connectivity index (χ2v) is 12.1. The normalized spacial score (nSPS) is 20.3. The Labute approximate surface area is 285 Å². The summed E-state index contributed by atoms with van der Waals surface area (Å²) in [5, 5.41) is 17.6. The Kier molecular flexibility index (Phi) is 13.6. The Hall–Kier alpha value is -5.40. The molecule has 49 heavy (non-hydrogen) atoms. The van der Waals surface area contributed by atoms with Crippen molar-refractivity contribution in [3.05, 3.63) is 77.7 Å². The van der Waals surface area contributed by atoms with Crippen molar-refractivity contribution in [2.24, 2.45) is 5.92 Å². The highest BCUT2D eigenvalue weighted by Gasteiger charge is 2.31. The Balaban J connectivity index is 1.59. The van der Waals surface area contributed by atoms with Gasteiger partial charge in [-0.05, 0) is 54.9 Å². The van der Waals surface area contributed by atoms with E-state index in [1.54, 1.807) is 12.1 Å². The minimum Gasteiger partial charge on any atom is -0.493 e. The molecule has 0 unspecified atom stereocenters. The van der Waals surface area contributed by atoms with E-state index in [-0.39, 0.29) is 49.4 Å². The van der Waals surface area contributed by atoms with Crippen LogP contribution in [0.15, 0.2) is 65.4 Å². The van der Waals surface area contributed by atoms with Crippen LogP contribution in [0.1, 0.15) is 54.7 Å². The van der Waals surface area contributed by atoms with Gasteiger partial charge in [-0.25, -0.2) is 0 Å². The van der Waals surface area contributed by atoms with Gasteiger partial charge >= 0.3 is 0 Å². The Morgan fingerprint density at radius 1 is 0.959 bits per heavy atom. The number of hydrogen-bond acceptors (Lipinski definition) is 9. The number of nitrogens with one attached hydrogen (secondary N) is 5. The molecule has 5 amide bonds. The van der Waals surface area contributed by atoms with Crippen molar-refractivity contribution in [2.45, 2.75) is 64.1 Å². The number of methoxy groups -OCH3 is 1. The fourth-order valence-corrected chi connectivity index (χ4v) is 5.28. The number of amides is 5. The Bertz CT molecular complexity index is 1560. The van der Waals surface area contributed by atoms with Crippen LogP contribution in [0.2, 0.25) is 0 Å². The second-order valence-electron chi connectivity index (χ2n) is 12.1. The van der Waals surface area contributed by atoms with E-state index in [0.29, 0.717) is 37.3 Å². The molecule has 1 aromatic heterocycles. The van der Waals surface area contributed by atoms with Crippen LogP contribution in [0.25, 0.3) is 0 Å². The van der Waals surface area contributed by atoms with E-state index in [1.165, 1.54) is 19.4 Å². The molecular weight excluding hydrogens is 632 g/mol. The van der Waals surface area contributed by atoms with Gasteiger partial charge in [0, 0.05) is 25.6 Å². The number of carbonyl (C=O) groups is 5. The van der Waals surface area contributed by atoms with Gasteiger partial charge in [0.25, 0.3) is 11.8 Å². The lowest BCUT2D eigenvalue weighted by atomic mass is 10.00. The maximum Gasteiger partial charge on any atom is 0.274 e. The molecule has 5 N–H and O–H groups in total. The summed E-state index contributed by atoms with van der Waals surface area (Å²) in [4.78, 5) is 66.4. The van der Waals surface area contributed by atoms with E-state index >= 15 is 0 Å². The van der Waals surface area contributed by atoms with E-state index < -0.39 is 35.8 Å². The molecule has 1 aliphatic rings. The SMILES string of the molecule is COc1ccc2cc1OCC(=O)NCCC[C@H](NC(=O)c1ccon1)C(=O)N[C@@H](Cc1ccccc1)C(=O)N[C@H](C(C)C)C(=O)NCCC2. The number of benzene rings is 2. The second kappa shape index (κ2) is 18.2. The molecule has 1 aliphatic heterocycles. The monoisotopic (exact) mass is 676 g/mol. The highest BCUT2D eigenvalue weighted by Crippen LogP contribution is 2.28. The van der Waals surface area contributed by atoms with Crippen molar-refractivity contribution in [3.63, 3.8) is 0 Å². The van der Waals surface area contributed by atoms with E-state index in [9.17, 15) is 24.0 Å². The molecule has 0 fully saturated rings. The van der Waals surface area contributed by atoms with E-state index in [0.717, 1.165) is 11.1 Å². The first-order chi connectivity index (χ1) is 23.6. The molecule has 0 saturated heterocycles. The smallest absolute Gasteiger partial charge is 0.274 e. The van der Waals surface area contributed by atoms with E-state index in [2.05, 4.69) is 31.7 Å². The average Bonchev–Trinajstić information content (AvgIpc) is 3.64. The molecule has 14 nitrogen and oxygen atoms in total. The lowest BCUT2D eigenvalue weighted by Crippen LogP contribution is -2.58. The Morgan fingerprint density at radius 2 is 1.73 bits per heavy atom. The minimum atomic E-state index is -1.10. The summed E-state index contributed by atoms with van der Waals surface area (Å²) in [5.41, 5.74) is 1.68. The molecule has 0 radical (unpaired) electrons. The summed E-state index contributed by atoms with van der Waals surface area (Å²) in [5.74, 6) is -1.94. The molecule has 2 heterocycles. The van der Waals surface area contributed by atoms with Crippen molar-refractivity contribution in [1.82, 2.24) is 31.7 Å². The zero-order chi connectivity index (χ0) is 35.2. The number of aromatic nitrogens is 1. The first-order valence-electron chi connectivity index (χ1n) is 16.3. The van der Waals surface area contributed by atoms with Gasteiger partial charge in [-0.3, -0.25) is 24.0 Å². The number of hydrogen-bond donors (Lipinski definition) is 5. The molecule has 4 rings (SSSR count). The maximum absolute atomic E-state index is 13.8. The quantitative estimate of drug-likeness (QED) is 0.259. The van der Waals surface area contributed by atoms with Gasteiger partial charge in [-0.2, -0.15) is 0 Å². The van der Waals surface area contributed by atoms with Gasteiger partial charge in [0.2, 0.25) is 17.7 Å². The van der Waals surface area contributed by atoms with Crippen molar-refractivity contribution < 1.29 is 38.0 Å². The van der Waals surface area contributed by atoms with Crippen molar-refractivity contribution in [1.29, 1.82) is 0 Å². The third-order valence-electron chi connectivity index (χ3n) is 7.97. The number of aryl methyl sites for hydroxylation is 1. The number of rotatable bonds is 6. The molecule has 2 aromatic carbocycles. The highest BCUT2D eigenvalue weighted by atomic mass is 16.5. The molecule has 2 bridgehead atoms. The molecule has 0 spiro atoms. The number of carbonyl (C=O) groups excluding carboxylic acids is 5. The zero-order valence-electron chi connectivity index (χ0n) is 28.0. The van der Waals surface area contributed by atoms with Crippen molar-refractivity contribution in [2.75, 3.05) is 26.8 Å². The van der Waals surface area contributed by atoms with E-state index in [4.69, 9.17) is 14.0 Å². The topological polar surface area (TPSA) is 190 Å². The van der Waals surface area contributed by atoms with Crippen LogP contribution in [-0.2, 0) is 32.0 Å². The van der Waals surface area contributed by atoms with Crippen molar-refractivity contribution in [3.8, 4) is 11.5 Å². The predicted octanol–water partition coefficient (Wildman–Crippen LogP) is 1.69. The molecule has 0 aliphatic carbocycles. The van der Waals surface area contributed by atoms with Crippen molar-refractivity contribution >= 4 is 29.5 Å². The van der Waals surface area contributed by atoms with Crippen LogP contribution in [-0.4, -0.2) is 79.6 Å². The fraction of sp³-hybridized carbons (Fsp3) is 0.429. The fourth-order valence-electron chi connectivity index (χ4n) is 5.28. The molecular formula is C35H44N6O8. The summed E-state index contributed by atoms with van der Waals surface area (Å²) in [7, 11) is 1.51. The van der Waals surface area contributed by atoms with Gasteiger partial charge in [0.05, 0.1) is 7.11 Å². The maximum atomic E-state index is 13.8. The summed E-state index contributed by atoms with van der Waals surface area (Å²) in [6.07, 6.45) is 3.00. The highest BCUT2D eigenvalue weighted by molar-refractivity contribution is 5.97. The van der Waals surface area contributed by atoms with Crippen LogP contribution in [0.5, 0.6) is 11.5 Å². The van der Waals surface area contributed by atoms with Crippen LogP contribution < -0.4 is 36.1 Å². The number of nitrogens with zero attached hydrogens (tertiary/aromatic N) is 1. The molecule has 3 atom stereocenters. The van der Waals surface area contributed by atoms with Gasteiger partial charge < -0.3 is 40.6 Å². The summed E-state index contributed by atoms with van der Waals surface area (Å²) in [6, 6.07) is 12.9. The molecule has 262 valence electrons. The van der Waals surface area contributed by atoms with Gasteiger partial charge in [-0.1, -0.05) is 55.4 Å². The van der Waals surface area contributed by atoms with Gasteiger partial charge in [0.15, 0.2) is 23.8 Å². The van der Waals surface area contributed by atoms with Crippen LogP contribution in [0, 0.1) is 5.92 Å². The summed E-state index contributed by atoms with van der Waals surface area (Å²) < 4.78 is 15.9. The first kappa shape index (κ1) is 36.4. The van der Waals surface area contributed by atoms with Gasteiger partial charge in [-0.15, -0.1) is 0 Å². The standard InChI is InChI=1S/C35H44N6O8/c1-22(2)31-35(46)37-17-7-11-24-13-14-28(47-3)29(20-24)48-21-30(42)36-16-8-12-25(38-33(44)26-15-18-49-41-26)32(43)39-27(34(45)40-31)19-23-9-5-4-6-10-23/h4-6,9-10,13-15,18,20,22,25,27,31H,7-8,11-12,16-17,19,21H2,1-3H3,(H,36,42)(H,37,46)(H,38,44)(H,39,43)(H,40,45)/t25-,27-,31+/m0/s1. The zero-order valence-corrected chi connectivity index (χ0v) is 28.0. The average molecular weight is 677 g/mol. The largest absolute Gasteiger partial charge is 0.493 e. The van der Waals surface area contributed by atoms with Crippen LogP contribution in [0.3, 0.4) is 0 Å². The molecule has 14 heteroatoms. The van der Waals surface area contributed by atoms with E-state index in [1.807, 2.05) is 50.2 Å². The minimum absolute atomic E-state index is 0.0275. The third kappa shape index (κ3) is 11.1. The number of ether oxygens (including phenoxy) is 2. The lowest BCUT2D eigenvalue weighted by Gasteiger charge is -2.27. The van der Waals surface area contributed by atoms with Crippen LogP contribution >= 0.6 is 0 Å². The third-order valence-corrected chi connectivity index (χ3v) is 7.97. The molecule has 0 saturated carbocycles. The number of fused-ring (bicyclic) bond motifs is 2. The molecule has 3 aromatic rings.